The van der Waals surface area contributed by atoms with Crippen LogP contribution in [-0.2, 0) is 9.59 Å². The third-order valence-electron chi connectivity index (χ3n) is 3.79. The van der Waals surface area contributed by atoms with Crippen LogP contribution in [0.2, 0.25) is 0 Å². The Kier molecular flexibility index (Phi) is 4.88. The van der Waals surface area contributed by atoms with Crippen molar-refractivity contribution in [3.05, 3.63) is 36.4 Å². The first-order chi connectivity index (χ1) is 12.5. The molecule has 7 nitrogen and oxygen atoms in total. The number of hydrazone groups is 1. The van der Waals surface area contributed by atoms with E-state index in [4.69, 9.17) is 9.15 Å². The zero-order chi connectivity index (χ0) is 18.7. The molecule has 0 atom stereocenters. The standard InChI is InChI=1S/C19H19N3O4/c1-11(21-22-12(2)23)8-19(24)20-15-10-17-14(9-18(15)25-3)13-6-4-5-7-16(13)26-17/h4-7,9-10H,8H2,1-3H3,(H,20,24)(H,22,23)/b21-11+. The van der Waals surface area contributed by atoms with Gasteiger partial charge in [0.1, 0.15) is 16.9 Å². The Morgan fingerprint density at radius 2 is 1.88 bits per heavy atom. The van der Waals surface area contributed by atoms with Crippen LogP contribution < -0.4 is 15.5 Å². The van der Waals surface area contributed by atoms with E-state index in [1.807, 2.05) is 30.3 Å². The van der Waals surface area contributed by atoms with E-state index in [0.29, 0.717) is 22.7 Å². The summed E-state index contributed by atoms with van der Waals surface area (Å²) in [6, 6.07) is 11.3. The quantitative estimate of drug-likeness (QED) is 0.543. The molecule has 0 saturated carbocycles. The number of nitrogens with one attached hydrogen (secondary N) is 2. The largest absolute Gasteiger partial charge is 0.495 e. The minimum atomic E-state index is -0.290. The fraction of sp³-hybridized carbons (Fsp3) is 0.211. The van der Waals surface area contributed by atoms with Gasteiger partial charge in [-0.2, -0.15) is 5.10 Å². The highest BCUT2D eigenvalue weighted by Gasteiger charge is 2.14. The van der Waals surface area contributed by atoms with E-state index in [1.54, 1.807) is 20.1 Å². The van der Waals surface area contributed by atoms with Crippen LogP contribution in [0.1, 0.15) is 20.3 Å². The number of methoxy groups -OCH3 is 1. The van der Waals surface area contributed by atoms with Crippen molar-refractivity contribution in [3.63, 3.8) is 0 Å². The molecule has 0 aliphatic carbocycles. The number of furan rings is 1. The first-order valence-corrected chi connectivity index (χ1v) is 8.07. The van der Waals surface area contributed by atoms with Crippen LogP contribution in [0, 0.1) is 0 Å². The highest BCUT2D eigenvalue weighted by molar-refractivity contribution is 6.10. The molecule has 0 spiro atoms. The lowest BCUT2D eigenvalue weighted by Crippen LogP contribution is -2.19. The minimum absolute atomic E-state index is 0.0433. The number of hydrogen-bond acceptors (Lipinski definition) is 5. The molecule has 0 bridgehead atoms. The number of anilines is 1. The van der Waals surface area contributed by atoms with E-state index >= 15 is 0 Å². The third-order valence-corrected chi connectivity index (χ3v) is 3.79. The number of carbonyl (C=O) groups excluding carboxylic acids is 2. The number of amides is 2. The number of nitrogens with zero attached hydrogens (tertiary/aromatic N) is 1. The normalized spacial score (nSPS) is 11.6. The summed E-state index contributed by atoms with van der Waals surface area (Å²) in [6.07, 6.45) is 0.0433. The Bertz CT molecular complexity index is 1020. The summed E-state index contributed by atoms with van der Waals surface area (Å²) in [5.74, 6) is -0.0269. The Morgan fingerprint density at radius 1 is 1.12 bits per heavy atom. The van der Waals surface area contributed by atoms with Crippen molar-refractivity contribution in [2.24, 2.45) is 5.10 Å². The molecule has 26 heavy (non-hydrogen) atoms. The van der Waals surface area contributed by atoms with Crippen LogP contribution >= 0.6 is 0 Å². The molecule has 2 N–H and O–H groups in total. The molecular formula is C19H19N3O4. The molecule has 0 aliphatic rings. The summed E-state index contributed by atoms with van der Waals surface area (Å²) < 4.78 is 11.3. The van der Waals surface area contributed by atoms with E-state index < -0.39 is 0 Å². The van der Waals surface area contributed by atoms with Crippen molar-refractivity contribution in [1.29, 1.82) is 0 Å². The van der Waals surface area contributed by atoms with Crippen LogP contribution in [0.5, 0.6) is 5.75 Å². The van der Waals surface area contributed by atoms with Gasteiger partial charge in [-0.1, -0.05) is 18.2 Å². The van der Waals surface area contributed by atoms with E-state index in [9.17, 15) is 9.59 Å². The molecule has 2 aromatic carbocycles. The average molecular weight is 353 g/mol. The van der Waals surface area contributed by atoms with Gasteiger partial charge in [-0.15, -0.1) is 0 Å². The molecule has 7 heteroatoms. The van der Waals surface area contributed by atoms with Gasteiger partial charge in [0.2, 0.25) is 11.8 Å². The van der Waals surface area contributed by atoms with E-state index in [1.165, 1.54) is 6.92 Å². The highest BCUT2D eigenvalue weighted by Crippen LogP contribution is 2.36. The van der Waals surface area contributed by atoms with Crippen molar-refractivity contribution >= 4 is 45.2 Å². The molecule has 0 fully saturated rings. The second kappa shape index (κ2) is 7.26. The number of hydrogen-bond donors (Lipinski definition) is 2. The SMILES string of the molecule is COc1cc2c(cc1NC(=O)C/C(C)=N/NC(C)=O)oc1ccccc12. The lowest BCUT2D eigenvalue weighted by molar-refractivity contribution is -0.119. The van der Waals surface area contributed by atoms with Crippen molar-refractivity contribution in [3.8, 4) is 5.75 Å². The number of benzene rings is 2. The molecule has 0 radical (unpaired) electrons. The third kappa shape index (κ3) is 3.66. The zero-order valence-electron chi connectivity index (χ0n) is 14.8. The summed E-state index contributed by atoms with van der Waals surface area (Å²) in [7, 11) is 1.54. The molecule has 134 valence electrons. The summed E-state index contributed by atoms with van der Waals surface area (Å²) in [6.45, 7) is 3.01. The summed E-state index contributed by atoms with van der Waals surface area (Å²) in [5.41, 5.74) is 4.73. The Balaban J connectivity index is 1.87. The highest BCUT2D eigenvalue weighted by atomic mass is 16.5. The number of para-hydroxylation sites is 1. The summed E-state index contributed by atoms with van der Waals surface area (Å²) in [5, 5.41) is 8.53. The van der Waals surface area contributed by atoms with Crippen molar-refractivity contribution in [2.45, 2.75) is 20.3 Å². The Hall–Kier alpha value is -3.35. The van der Waals surface area contributed by atoms with E-state index in [-0.39, 0.29) is 18.2 Å². The minimum Gasteiger partial charge on any atom is -0.495 e. The molecular weight excluding hydrogens is 334 g/mol. The first kappa shape index (κ1) is 17.5. The number of fused-ring (bicyclic) bond motifs is 3. The molecule has 3 rings (SSSR count). The lowest BCUT2D eigenvalue weighted by Gasteiger charge is -2.10. The first-order valence-electron chi connectivity index (χ1n) is 8.07. The Labute approximate surface area is 150 Å². The fourth-order valence-electron chi connectivity index (χ4n) is 2.66. The predicted molar refractivity (Wildman–Crippen MR) is 100 cm³/mol. The van der Waals surface area contributed by atoms with E-state index in [2.05, 4.69) is 15.8 Å². The maximum atomic E-state index is 12.3. The Morgan fingerprint density at radius 3 is 2.62 bits per heavy atom. The van der Waals surface area contributed by atoms with Gasteiger partial charge in [0.25, 0.3) is 0 Å². The van der Waals surface area contributed by atoms with Gasteiger partial charge in [-0.3, -0.25) is 9.59 Å². The second-order valence-corrected chi connectivity index (χ2v) is 5.89. The van der Waals surface area contributed by atoms with Gasteiger partial charge in [0.15, 0.2) is 0 Å². The van der Waals surface area contributed by atoms with Gasteiger partial charge < -0.3 is 14.5 Å². The van der Waals surface area contributed by atoms with Crippen LogP contribution in [0.15, 0.2) is 45.9 Å². The van der Waals surface area contributed by atoms with Crippen molar-refractivity contribution < 1.29 is 18.7 Å². The smallest absolute Gasteiger partial charge is 0.236 e. The lowest BCUT2D eigenvalue weighted by atomic mass is 10.1. The van der Waals surface area contributed by atoms with Crippen LogP contribution in [0.25, 0.3) is 21.9 Å². The topological polar surface area (TPSA) is 92.9 Å². The maximum absolute atomic E-state index is 12.3. The van der Waals surface area contributed by atoms with Crippen LogP contribution in [-0.4, -0.2) is 24.6 Å². The molecule has 1 aromatic heterocycles. The zero-order valence-corrected chi connectivity index (χ0v) is 14.8. The second-order valence-electron chi connectivity index (χ2n) is 5.89. The van der Waals surface area contributed by atoms with E-state index in [0.717, 1.165) is 16.4 Å². The van der Waals surface area contributed by atoms with Gasteiger partial charge in [-0.05, 0) is 19.1 Å². The number of rotatable bonds is 5. The summed E-state index contributed by atoms with van der Waals surface area (Å²) in [4.78, 5) is 23.1. The molecule has 3 aromatic rings. The number of ether oxygens (including phenoxy) is 1. The van der Waals surface area contributed by atoms with Gasteiger partial charge >= 0.3 is 0 Å². The molecule has 2 amide bonds. The average Bonchev–Trinajstić information content (AvgIpc) is 2.96. The molecule has 0 unspecified atom stereocenters. The summed E-state index contributed by atoms with van der Waals surface area (Å²) >= 11 is 0. The van der Waals surface area contributed by atoms with Crippen molar-refractivity contribution in [1.82, 2.24) is 5.43 Å². The van der Waals surface area contributed by atoms with Crippen LogP contribution in [0.4, 0.5) is 5.69 Å². The van der Waals surface area contributed by atoms with Crippen LogP contribution in [0.3, 0.4) is 0 Å². The fourth-order valence-corrected chi connectivity index (χ4v) is 2.66. The maximum Gasteiger partial charge on any atom is 0.236 e. The molecule has 1 heterocycles. The molecule has 0 saturated heterocycles. The molecule has 0 aliphatic heterocycles. The van der Waals surface area contributed by atoms with Gasteiger partial charge in [0.05, 0.1) is 19.2 Å². The number of carbonyl (C=O) groups is 2. The predicted octanol–water partition coefficient (Wildman–Crippen LogP) is 3.44. The monoisotopic (exact) mass is 353 g/mol. The van der Waals surface area contributed by atoms with Gasteiger partial charge in [-0.25, -0.2) is 5.43 Å². The van der Waals surface area contributed by atoms with Crippen molar-refractivity contribution in [2.75, 3.05) is 12.4 Å². The van der Waals surface area contributed by atoms with Gasteiger partial charge in [0, 0.05) is 29.5 Å².